The number of nitrogens with zero attached hydrogens (tertiary/aromatic N) is 2. The van der Waals surface area contributed by atoms with Gasteiger partial charge in [0.05, 0.1) is 16.2 Å². The largest absolute Gasteiger partial charge is 0.329 e. The monoisotopic (exact) mass is 365 g/mol. The van der Waals surface area contributed by atoms with Gasteiger partial charge < -0.3 is 4.90 Å². The van der Waals surface area contributed by atoms with Crippen LogP contribution in [0, 0.1) is 0 Å². The molecule has 1 aliphatic heterocycles. The van der Waals surface area contributed by atoms with Gasteiger partial charge in [0.25, 0.3) is 5.91 Å². The fourth-order valence-corrected chi connectivity index (χ4v) is 4.59. The maximum Gasteiger partial charge on any atom is 0.276 e. The Morgan fingerprint density at radius 1 is 1.43 bits per heavy atom. The van der Waals surface area contributed by atoms with Gasteiger partial charge in [-0.25, -0.2) is 0 Å². The topological polar surface area (TPSA) is 49.0 Å². The third kappa shape index (κ3) is 2.34. The second-order valence-corrected chi connectivity index (χ2v) is 7.52. The number of aromatic amines is 1. The van der Waals surface area contributed by atoms with Gasteiger partial charge in [-0.15, -0.1) is 11.3 Å². The minimum Gasteiger partial charge on any atom is -0.329 e. The Hall–Kier alpha value is -1.14. The molecule has 0 radical (unpaired) electrons. The van der Waals surface area contributed by atoms with Gasteiger partial charge in [0.2, 0.25) is 0 Å². The molecule has 2 aromatic rings. The molecule has 0 spiro atoms. The highest BCUT2D eigenvalue weighted by Crippen LogP contribution is 2.43. The number of H-pyrrole nitrogens is 1. The van der Waals surface area contributed by atoms with Crippen LogP contribution in [0.4, 0.5) is 0 Å². The molecule has 1 saturated carbocycles. The first-order valence-corrected chi connectivity index (χ1v) is 9.01. The Kier molecular flexibility index (Phi) is 3.38. The number of rotatable bonds is 3. The van der Waals surface area contributed by atoms with Gasteiger partial charge in [-0.3, -0.25) is 9.89 Å². The van der Waals surface area contributed by atoms with Crippen LogP contribution < -0.4 is 0 Å². The molecule has 6 heteroatoms. The summed E-state index contributed by atoms with van der Waals surface area (Å²) in [6.45, 7) is 0.819. The van der Waals surface area contributed by atoms with Gasteiger partial charge in [-0.05, 0) is 53.1 Å². The number of carbonyl (C=O) groups excluding carboxylic acids is 1. The van der Waals surface area contributed by atoms with Gasteiger partial charge in [-0.1, -0.05) is 6.07 Å². The first-order valence-electron chi connectivity index (χ1n) is 7.34. The van der Waals surface area contributed by atoms with E-state index in [0.29, 0.717) is 11.6 Å². The number of nitrogens with one attached hydrogen (secondary N) is 1. The van der Waals surface area contributed by atoms with E-state index in [0.717, 1.165) is 29.6 Å². The molecule has 2 aliphatic rings. The van der Waals surface area contributed by atoms with Gasteiger partial charge in [-0.2, -0.15) is 5.10 Å². The Balaban J connectivity index is 1.61. The lowest BCUT2D eigenvalue weighted by atomic mass is 10.2. The van der Waals surface area contributed by atoms with Crippen LogP contribution in [0.5, 0.6) is 0 Å². The summed E-state index contributed by atoms with van der Waals surface area (Å²) in [5, 5.41) is 9.40. The zero-order valence-electron chi connectivity index (χ0n) is 11.5. The molecule has 4 rings (SSSR count). The molecule has 0 bridgehead atoms. The summed E-state index contributed by atoms with van der Waals surface area (Å²) in [5.74, 6) is 0.598. The normalized spacial score (nSPS) is 22.0. The van der Waals surface area contributed by atoms with E-state index in [-0.39, 0.29) is 11.9 Å². The van der Waals surface area contributed by atoms with Crippen molar-refractivity contribution in [2.24, 2.45) is 0 Å². The quantitative estimate of drug-likeness (QED) is 0.890. The maximum absolute atomic E-state index is 12.8. The predicted molar refractivity (Wildman–Crippen MR) is 85.6 cm³/mol. The van der Waals surface area contributed by atoms with E-state index in [9.17, 15) is 4.79 Å². The molecule has 1 amide bonds. The maximum atomic E-state index is 12.8. The highest BCUT2D eigenvalue weighted by molar-refractivity contribution is 9.10. The zero-order chi connectivity index (χ0) is 14.4. The second-order valence-electron chi connectivity index (χ2n) is 5.75. The van der Waals surface area contributed by atoms with Crippen LogP contribution in [0.3, 0.4) is 0 Å². The Morgan fingerprint density at radius 3 is 3.00 bits per heavy atom. The van der Waals surface area contributed by atoms with Crippen molar-refractivity contribution in [1.82, 2.24) is 15.1 Å². The van der Waals surface area contributed by atoms with Crippen molar-refractivity contribution in [3.63, 3.8) is 0 Å². The van der Waals surface area contributed by atoms with Crippen molar-refractivity contribution in [2.75, 3.05) is 6.54 Å². The summed E-state index contributed by atoms with van der Waals surface area (Å²) in [5.41, 5.74) is 1.63. The summed E-state index contributed by atoms with van der Waals surface area (Å²) >= 11 is 5.30. The highest BCUT2D eigenvalue weighted by atomic mass is 79.9. The summed E-state index contributed by atoms with van der Waals surface area (Å²) < 4.78 is 0.867. The molecule has 3 heterocycles. The van der Waals surface area contributed by atoms with Crippen molar-refractivity contribution in [1.29, 1.82) is 0 Å². The van der Waals surface area contributed by atoms with Crippen molar-refractivity contribution in [3.8, 4) is 0 Å². The van der Waals surface area contributed by atoms with E-state index >= 15 is 0 Å². The molecule has 1 aliphatic carbocycles. The van der Waals surface area contributed by atoms with Crippen LogP contribution in [0.25, 0.3) is 0 Å². The third-order valence-electron chi connectivity index (χ3n) is 4.31. The molecule has 110 valence electrons. The average Bonchev–Trinajstić information content (AvgIpc) is 2.94. The Labute approximate surface area is 135 Å². The van der Waals surface area contributed by atoms with E-state index in [1.54, 1.807) is 11.3 Å². The van der Waals surface area contributed by atoms with Crippen LogP contribution >= 0.6 is 27.3 Å². The molecule has 4 nitrogen and oxygen atoms in total. The fourth-order valence-electron chi connectivity index (χ4n) is 3.05. The van der Waals surface area contributed by atoms with Crippen LogP contribution in [-0.2, 0) is 0 Å². The number of carbonyl (C=O) groups is 1. The number of hydrogen-bond acceptors (Lipinski definition) is 3. The van der Waals surface area contributed by atoms with Crippen molar-refractivity contribution in [3.05, 3.63) is 38.3 Å². The Bertz CT molecular complexity index is 663. The highest BCUT2D eigenvalue weighted by Gasteiger charge is 2.35. The average molecular weight is 366 g/mol. The van der Waals surface area contributed by atoms with Crippen molar-refractivity contribution in [2.45, 2.75) is 37.6 Å². The predicted octanol–water partition coefficient (Wildman–Crippen LogP) is 4.09. The lowest BCUT2D eigenvalue weighted by molar-refractivity contribution is 0.0731. The van der Waals surface area contributed by atoms with E-state index in [4.69, 9.17) is 0 Å². The molecular weight excluding hydrogens is 350 g/mol. The number of thiophene rings is 1. The number of amides is 1. The standard InChI is InChI=1S/C15H16BrN3OS/c16-12-13(9-5-6-9)17-18-14(12)15(20)19-7-1-3-10(19)11-4-2-8-21-11/h2,4,8-10H,1,3,5-7H2,(H,17,18). The molecule has 1 N–H and O–H groups in total. The molecule has 1 atom stereocenters. The van der Waals surface area contributed by atoms with Crippen LogP contribution in [0.1, 0.15) is 58.7 Å². The van der Waals surface area contributed by atoms with E-state index < -0.39 is 0 Å². The van der Waals surface area contributed by atoms with E-state index in [2.05, 4.69) is 43.6 Å². The molecule has 2 fully saturated rings. The number of hydrogen-bond donors (Lipinski definition) is 1. The number of likely N-dealkylation sites (tertiary alicyclic amines) is 1. The minimum atomic E-state index is 0.0425. The molecule has 21 heavy (non-hydrogen) atoms. The van der Waals surface area contributed by atoms with Gasteiger partial charge in [0.15, 0.2) is 5.69 Å². The first-order chi connectivity index (χ1) is 10.3. The minimum absolute atomic E-state index is 0.0425. The first kappa shape index (κ1) is 13.5. The fraction of sp³-hybridized carbons (Fsp3) is 0.467. The molecule has 2 aromatic heterocycles. The van der Waals surface area contributed by atoms with Crippen molar-refractivity contribution >= 4 is 33.2 Å². The lowest BCUT2D eigenvalue weighted by Gasteiger charge is -2.23. The SMILES string of the molecule is O=C(c1n[nH]c(C2CC2)c1Br)N1CCCC1c1cccs1. The van der Waals surface area contributed by atoms with Crippen LogP contribution in [-0.4, -0.2) is 27.5 Å². The number of halogens is 1. The summed E-state index contributed by atoms with van der Waals surface area (Å²) in [6.07, 6.45) is 4.49. The molecule has 1 saturated heterocycles. The van der Waals surface area contributed by atoms with Crippen molar-refractivity contribution < 1.29 is 4.79 Å². The molecular formula is C15H16BrN3OS. The van der Waals surface area contributed by atoms with Gasteiger partial charge in [0, 0.05) is 17.3 Å². The third-order valence-corrected chi connectivity index (χ3v) is 6.08. The van der Waals surface area contributed by atoms with Crippen LogP contribution in [0.2, 0.25) is 0 Å². The summed E-state index contributed by atoms with van der Waals surface area (Å²) in [7, 11) is 0. The molecule has 0 aromatic carbocycles. The molecule has 1 unspecified atom stereocenters. The summed E-state index contributed by atoms with van der Waals surface area (Å²) in [4.78, 5) is 16.1. The Morgan fingerprint density at radius 2 is 2.29 bits per heavy atom. The summed E-state index contributed by atoms with van der Waals surface area (Å²) in [6, 6.07) is 4.39. The van der Waals surface area contributed by atoms with E-state index in [1.807, 2.05) is 4.90 Å². The zero-order valence-corrected chi connectivity index (χ0v) is 13.9. The van der Waals surface area contributed by atoms with Crippen LogP contribution in [0.15, 0.2) is 22.0 Å². The lowest BCUT2D eigenvalue weighted by Crippen LogP contribution is -2.30. The second kappa shape index (κ2) is 5.25. The smallest absolute Gasteiger partial charge is 0.276 e. The van der Waals surface area contributed by atoms with E-state index in [1.165, 1.54) is 17.7 Å². The number of aromatic nitrogens is 2. The van der Waals surface area contributed by atoms with Gasteiger partial charge >= 0.3 is 0 Å². The van der Waals surface area contributed by atoms with Gasteiger partial charge in [0.1, 0.15) is 0 Å².